The smallest absolute Gasteiger partial charge is 0.339 e. The number of anilines is 1. The van der Waals surface area contributed by atoms with Crippen molar-refractivity contribution in [3.05, 3.63) is 89.5 Å². The third-order valence-corrected chi connectivity index (χ3v) is 6.91. The van der Waals surface area contributed by atoms with E-state index in [9.17, 15) is 28.2 Å². The molecule has 3 rings (SSSR count). The number of nitrogens with zero attached hydrogens (tertiary/aromatic N) is 2. The molecule has 0 aromatic heterocycles. The van der Waals surface area contributed by atoms with Gasteiger partial charge < -0.3 is 15.1 Å². The number of hydrogen-bond acceptors (Lipinski definition) is 5. The minimum atomic E-state index is -3.92. The summed E-state index contributed by atoms with van der Waals surface area (Å²) in [5.74, 6) is -2.34. The van der Waals surface area contributed by atoms with Crippen molar-refractivity contribution in [2.24, 2.45) is 0 Å². The summed E-state index contributed by atoms with van der Waals surface area (Å²) >= 11 is 0. The fraction of sp³-hybridized carbons (Fsp3) is 0.167. The summed E-state index contributed by atoms with van der Waals surface area (Å²) in [7, 11) is -2.60. The molecule has 0 aliphatic heterocycles. The minimum absolute atomic E-state index is 0.0656. The van der Waals surface area contributed by atoms with Gasteiger partial charge in [0.1, 0.15) is 11.3 Å². The quantitative estimate of drug-likeness (QED) is 0.524. The highest BCUT2D eigenvalue weighted by Gasteiger charge is 2.27. The van der Waals surface area contributed by atoms with Crippen LogP contribution in [0.5, 0.6) is 5.75 Å². The molecular weight excluding hydrogens is 444 g/mol. The molecule has 0 heterocycles. The van der Waals surface area contributed by atoms with Crippen molar-refractivity contribution in [2.45, 2.75) is 18.4 Å². The van der Waals surface area contributed by atoms with Gasteiger partial charge in [-0.25, -0.2) is 13.2 Å². The van der Waals surface area contributed by atoms with E-state index in [1.807, 2.05) is 13.0 Å². The van der Waals surface area contributed by atoms with Gasteiger partial charge in [0.05, 0.1) is 18.0 Å². The maximum atomic E-state index is 13.3. The van der Waals surface area contributed by atoms with Crippen LogP contribution in [0.1, 0.15) is 21.5 Å². The van der Waals surface area contributed by atoms with E-state index in [0.29, 0.717) is 0 Å². The zero-order valence-corrected chi connectivity index (χ0v) is 19.0. The molecule has 1 amide bonds. The number of carbonyl (C=O) groups excluding carboxylic acids is 1. The lowest BCUT2D eigenvalue weighted by Crippen LogP contribution is -2.41. The molecule has 172 valence electrons. The molecule has 0 aliphatic rings. The molecule has 0 unspecified atom stereocenters. The first-order chi connectivity index (χ1) is 15.6. The molecule has 9 heteroatoms. The number of aryl methyl sites for hydroxylation is 1. The van der Waals surface area contributed by atoms with Gasteiger partial charge in [-0.2, -0.15) is 4.31 Å². The zero-order valence-electron chi connectivity index (χ0n) is 18.2. The number of carbonyl (C=O) groups is 2. The van der Waals surface area contributed by atoms with Crippen LogP contribution in [0.4, 0.5) is 5.69 Å². The van der Waals surface area contributed by atoms with E-state index in [4.69, 9.17) is 0 Å². The van der Waals surface area contributed by atoms with E-state index in [1.54, 1.807) is 36.4 Å². The monoisotopic (exact) mass is 468 g/mol. The van der Waals surface area contributed by atoms with Crippen LogP contribution in [-0.4, -0.2) is 48.4 Å². The SMILES string of the molecule is Cc1ccc(S(=O)(=O)N(C)CC(=O)N(Cc2ccccc2)c2ccc(O)c(C(=O)O)c2)cc1. The molecule has 3 aromatic carbocycles. The summed E-state index contributed by atoms with van der Waals surface area (Å²) < 4.78 is 26.8. The Labute approximate surface area is 192 Å². The summed E-state index contributed by atoms with van der Waals surface area (Å²) in [4.78, 5) is 26.1. The Morgan fingerprint density at radius 1 is 0.939 bits per heavy atom. The Morgan fingerprint density at radius 2 is 1.58 bits per heavy atom. The van der Waals surface area contributed by atoms with Crippen LogP contribution >= 0.6 is 0 Å². The first-order valence-corrected chi connectivity index (χ1v) is 11.5. The third-order valence-electron chi connectivity index (χ3n) is 5.09. The zero-order chi connectivity index (χ0) is 24.2. The molecule has 33 heavy (non-hydrogen) atoms. The van der Waals surface area contributed by atoms with Crippen molar-refractivity contribution in [2.75, 3.05) is 18.5 Å². The number of likely N-dealkylation sites (N-methyl/N-ethyl adjacent to an activating group) is 1. The molecule has 0 aliphatic carbocycles. The summed E-state index contributed by atoms with van der Waals surface area (Å²) in [5, 5.41) is 19.2. The fourth-order valence-electron chi connectivity index (χ4n) is 3.20. The normalized spacial score (nSPS) is 11.4. The molecule has 0 saturated carbocycles. The highest BCUT2D eigenvalue weighted by molar-refractivity contribution is 7.89. The number of hydrogen-bond donors (Lipinski definition) is 2. The molecular formula is C24H24N2O6S. The Morgan fingerprint density at radius 3 is 2.18 bits per heavy atom. The second-order valence-corrected chi connectivity index (χ2v) is 9.59. The van der Waals surface area contributed by atoms with Gasteiger partial charge in [-0.3, -0.25) is 4.79 Å². The van der Waals surface area contributed by atoms with Gasteiger partial charge in [0.15, 0.2) is 0 Å². The van der Waals surface area contributed by atoms with Crippen molar-refractivity contribution in [3.63, 3.8) is 0 Å². The van der Waals surface area contributed by atoms with Crippen LogP contribution in [0, 0.1) is 6.92 Å². The van der Waals surface area contributed by atoms with Crippen LogP contribution in [0.2, 0.25) is 0 Å². The predicted molar refractivity (Wildman–Crippen MR) is 124 cm³/mol. The molecule has 0 fully saturated rings. The number of rotatable bonds is 8. The molecule has 0 spiro atoms. The number of carboxylic acids is 1. The molecule has 0 radical (unpaired) electrons. The largest absolute Gasteiger partial charge is 0.507 e. The first-order valence-electron chi connectivity index (χ1n) is 10.0. The van der Waals surface area contributed by atoms with Gasteiger partial charge in [-0.05, 0) is 42.8 Å². The van der Waals surface area contributed by atoms with E-state index in [-0.39, 0.29) is 22.7 Å². The number of aromatic carboxylic acids is 1. The van der Waals surface area contributed by atoms with E-state index >= 15 is 0 Å². The van der Waals surface area contributed by atoms with Crippen molar-refractivity contribution >= 4 is 27.6 Å². The number of benzene rings is 3. The Hall–Kier alpha value is -3.69. The van der Waals surface area contributed by atoms with E-state index in [2.05, 4.69) is 0 Å². The maximum absolute atomic E-state index is 13.3. The Balaban J connectivity index is 1.93. The number of carboxylic acid groups (broad SMARTS) is 1. The van der Waals surface area contributed by atoms with E-state index < -0.39 is 34.2 Å². The van der Waals surface area contributed by atoms with Crippen LogP contribution in [0.3, 0.4) is 0 Å². The van der Waals surface area contributed by atoms with Crippen molar-refractivity contribution in [1.29, 1.82) is 0 Å². The second-order valence-electron chi connectivity index (χ2n) is 7.55. The molecule has 3 aromatic rings. The number of aromatic hydroxyl groups is 1. The van der Waals surface area contributed by atoms with Gasteiger partial charge in [0, 0.05) is 12.7 Å². The summed E-state index contributed by atoms with van der Waals surface area (Å²) in [6.45, 7) is 1.46. The molecule has 0 bridgehead atoms. The lowest BCUT2D eigenvalue weighted by molar-refractivity contribution is -0.118. The third kappa shape index (κ3) is 5.57. The molecule has 0 atom stereocenters. The van der Waals surface area contributed by atoms with Crippen molar-refractivity contribution < 1.29 is 28.2 Å². The number of sulfonamides is 1. The Kier molecular flexibility index (Phi) is 7.15. The van der Waals surface area contributed by atoms with E-state index in [1.165, 1.54) is 42.3 Å². The highest BCUT2D eigenvalue weighted by atomic mass is 32.2. The van der Waals surface area contributed by atoms with Gasteiger partial charge in [-0.15, -0.1) is 0 Å². The van der Waals surface area contributed by atoms with Gasteiger partial charge in [0.25, 0.3) is 0 Å². The van der Waals surface area contributed by atoms with E-state index in [0.717, 1.165) is 15.4 Å². The lowest BCUT2D eigenvalue weighted by atomic mass is 10.1. The molecule has 2 N–H and O–H groups in total. The Bertz CT molecular complexity index is 1260. The van der Waals surface area contributed by atoms with Gasteiger partial charge >= 0.3 is 5.97 Å². The summed E-state index contributed by atoms with van der Waals surface area (Å²) in [5.41, 5.74) is 1.53. The van der Waals surface area contributed by atoms with Gasteiger partial charge in [0.2, 0.25) is 15.9 Å². The number of amides is 1. The van der Waals surface area contributed by atoms with Crippen LogP contribution in [0.15, 0.2) is 77.7 Å². The fourth-order valence-corrected chi connectivity index (χ4v) is 4.32. The second kappa shape index (κ2) is 9.85. The predicted octanol–water partition coefficient (Wildman–Crippen LogP) is 3.25. The summed E-state index contributed by atoms with van der Waals surface area (Å²) in [6.07, 6.45) is 0. The average molecular weight is 469 g/mol. The van der Waals surface area contributed by atoms with Crippen LogP contribution in [0.25, 0.3) is 0 Å². The number of phenols is 1. The summed E-state index contributed by atoms with van der Waals surface area (Å²) in [6, 6.07) is 19.1. The first kappa shape index (κ1) is 24.0. The van der Waals surface area contributed by atoms with Crippen LogP contribution in [-0.2, 0) is 21.4 Å². The highest BCUT2D eigenvalue weighted by Crippen LogP contribution is 2.26. The van der Waals surface area contributed by atoms with Gasteiger partial charge in [-0.1, -0.05) is 48.0 Å². The standard InChI is InChI=1S/C24H24N2O6S/c1-17-8-11-20(12-9-17)33(31,32)25(2)16-23(28)26(15-18-6-4-3-5-7-18)19-10-13-22(27)21(14-19)24(29)30/h3-14,27H,15-16H2,1-2H3,(H,29,30). The molecule has 0 saturated heterocycles. The van der Waals surface area contributed by atoms with Crippen molar-refractivity contribution in [3.8, 4) is 5.75 Å². The lowest BCUT2D eigenvalue weighted by Gasteiger charge is -2.26. The topological polar surface area (TPSA) is 115 Å². The van der Waals surface area contributed by atoms with Crippen LogP contribution < -0.4 is 4.90 Å². The average Bonchev–Trinajstić information content (AvgIpc) is 2.78. The molecule has 8 nitrogen and oxygen atoms in total. The van der Waals surface area contributed by atoms with Crippen molar-refractivity contribution in [1.82, 2.24) is 4.31 Å². The minimum Gasteiger partial charge on any atom is -0.507 e. The maximum Gasteiger partial charge on any atom is 0.339 e.